The Morgan fingerprint density at radius 3 is 2.88 bits per heavy atom. The second-order valence-corrected chi connectivity index (χ2v) is 5.95. The van der Waals surface area contributed by atoms with E-state index in [4.69, 9.17) is 9.26 Å². The molecular formula is C19H18N2O3. The van der Waals surface area contributed by atoms with E-state index in [-0.39, 0.29) is 12.0 Å². The summed E-state index contributed by atoms with van der Waals surface area (Å²) in [6, 6.07) is 15.2. The standard InChI is InChI=1S/C19H18N2O3/c22-19(20-12-15-7-4-10-23-15)14-8-9-17-16(11-14)18(24-21-17)13-5-2-1-3-6-13/h1-3,5-6,8-9,11,15H,4,7,10,12H2,(H,20,22). The van der Waals surface area contributed by atoms with Crippen molar-refractivity contribution in [1.82, 2.24) is 10.5 Å². The topological polar surface area (TPSA) is 64.4 Å². The van der Waals surface area contributed by atoms with Crippen molar-refractivity contribution in [3.8, 4) is 11.3 Å². The van der Waals surface area contributed by atoms with E-state index in [1.807, 2.05) is 42.5 Å². The summed E-state index contributed by atoms with van der Waals surface area (Å²) in [6.07, 6.45) is 2.20. The Morgan fingerprint density at radius 1 is 1.21 bits per heavy atom. The molecule has 3 aromatic rings. The molecule has 1 saturated heterocycles. The number of nitrogens with zero attached hydrogens (tertiary/aromatic N) is 1. The molecule has 4 rings (SSSR count). The van der Waals surface area contributed by atoms with Crippen LogP contribution in [0.3, 0.4) is 0 Å². The van der Waals surface area contributed by atoms with Crippen molar-refractivity contribution >= 4 is 16.8 Å². The number of hydrogen-bond donors (Lipinski definition) is 1. The van der Waals surface area contributed by atoms with E-state index >= 15 is 0 Å². The lowest BCUT2D eigenvalue weighted by Crippen LogP contribution is -2.31. The monoisotopic (exact) mass is 322 g/mol. The molecule has 122 valence electrons. The summed E-state index contributed by atoms with van der Waals surface area (Å²) in [5.41, 5.74) is 2.28. The van der Waals surface area contributed by atoms with Crippen LogP contribution in [0.4, 0.5) is 0 Å². The summed E-state index contributed by atoms with van der Waals surface area (Å²) in [6.45, 7) is 1.33. The molecule has 1 aliphatic heterocycles. The van der Waals surface area contributed by atoms with E-state index in [0.29, 0.717) is 17.9 Å². The molecule has 1 fully saturated rings. The number of hydrogen-bond acceptors (Lipinski definition) is 4. The molecule has 5 heteroatoms. The first-order valence-electron chi connectivity index (χ1n) is 8.16. The molecule has 1 aliphatic rings. The average Bonchev–Trinajstić information content (AvgIpc) is 3.29. The molecule has 1 unspecified atom stereocenters. The van der Waals surface area contributed by atoms with E-state index in [0.717, 1.165) is 35.9 Å². The predicted molar refractivity (Wildman–Crippen MR) is 90.8 cm³/mol. The third-order valence-electron chi connectivity index (χ3n) is 4.29. The molecule has 0 saturated carbocycles. The van der Waals surface area contributed by atoms with Gasteiger partial charge in [0.25, 0.3) is 5.91 Å². The first-order chi connectivity index (χ1) is 11.8. The summed E-state index contributed by atoms with van der Waals surface area (Å²) in [7, 11) is 0. The number of carbonyl (C=O) groups is 1. The van der Waals surface area contributed by atoms with Gasteiger partial charge in [0, 0.05) is 24.3 Å². The van der Waals surface area contributed by atoms with Gasteiger partial charge >= 0.3 is 0 Å². The van der Waals surface area contributed by atoms with Crippen molar-refractivity contribution in [3.63, 3.8) is 0 Å². The van der Waals surface area contributed by atoms with Crippen LogP contribution in [-0.4, -0.2) is 30.3 Å². The van der Waals surface area contributed by atoms with Gasteiger partial charge in [-0.15, -0.1) is 0 Å². The van der Waals surface area contributed by atoms with Gasteiger partial charge in [-0.25, -0.2) is 0 Å². The highest BCUT2D eigenvalue weighted by molar-refractivity contribution is 6.00. The van der Waals surface area contributed by atoms with E-state index < -0.39 is 0 Å². The maximum Gasteiger partial charge on any atom is 0.251 e. The van der Waals surface area contributed by atoms with Crippen LogP contribution in [0, 0.1) is 0 Å². The Morgan fingerprint density at radius 2 is 2.08 bits per heavy atom. The minimum Gasteiger partial charge on any atom is -0.376 e. The van der Waals surface area contributed by atoms with Gasteiger partial charge in [-0.05, 0) is 31.0 Å². The fourth-order valence-corrected chi connectivity index (χ4v) is 2.99. The molecule has 0 spiro atoms. The largest absolute Gasteiger partial charge is 0.376 e. The second-order valence-electron chi connectivity index (χ2n) is 5.95. The van der Waals surface area contributed by atoms with Gasteiger partial charge in [0.2, 0.25) is 0 Å². The Balaban J connectivity index is 1.59. The number of ether oxygens (including phenoxy) is 1. The van der Waals surface area contributed by atoms with Gasteiger partial charge in [-0.2, -0.15) is 0 Å². The van der Waals surface area contributed by atoms with Gasteiger partial charge < -0.3 is 14.6 Å². The summed E-state index contributed by atoms with van der Waals surface area (Å²) < 4.78 is 11.0. The van der Waals surface area contributed by atoms with Crippen molar-refractivity contribution < 1.29 is 14.1 Å². The highest BCUT2D eigenvalue weighted by Gasteiger charge is 2.18. The molecule has 24 heavy (non-hydrogen) atoms. The molecule has 2 heterocycles. The summed E-state index contributed by atoms with van der Waals surface area (Å²) in [5.74, 6) is 0.576. The van der Waals surface area contributed by atoms with Crippen molar-refractivity contribution in [2.45, 2.75) is 18.9 Å². The van der Waals surface area contributed by atoms with Crippen molar-refractivity contribution in [2.75, 3.05) is 13.2 Å². The van der Waals surface area contributed by atoms with Crippen molar-refractivity contribution in [3.05, 3.63) is 54.1 Å². The third-order valence-corrected chi connectivity index (χ3v) is 4.29. The lowest BCUT2D eigenvalue weighted by Gasteiger charge is -2.10. The second kappa shape index (κ2) is 6.45. The maximum atomic E-state index is 12.4. The van der Waals surface area contributed by atoms with Gasteiger partial charge in [0.15, 0.2) is 5.76 Å². The van der Waals surface area contributed by atoms with Crippen LogP contribution in [0.2, 0.25) is 0 Å². The van der Waals surface area contributed by atoms with Gasteiger partial charge in [0.05, 0.1) is 11.5 Å². The fraction of sp³-hybridized carbons (Fsp3) is 0.263. The Bertz CT molecular complexity index is 851. The number of amides is 1. The van der Waals surface area contributed by atoms with E-state index in [1.54, 1.807) is 6.07 Å². The minimum atomic E-state index is -0.104. The van der Waals surface area contributed by atoms with E-state index in [2.05, 4.69) is 10.5 Å². The Hall–Kier alpha value is -2.66. The summed E-state index contributed by atoms with van der Waals surface area (Å²) in [5, 5.41) is 7.86. The minimum absolute atomic E-state index is 0.104. The molecule has 5 nitrogen and oxygen atoms in total. The number of benzene rings is 2. The van der Waals surface area contributed by atoms with Crippen molar-refractivity contribution in [2.24, 2.45) is 0 Å². The molecule has 1 N–H and O–H groups in total. The number of nitrogens with one attached hydrogen (secondary N) is 1. The zero-order chi connectivity index (χ0) is 16.4. The van der Waals surface area contributed by atoms with Crippen LogP contribution in [0.1, 0.15) is 23.2 Å². The fourth-order valence-electron chi connectivity index (χ4n) is 2.99. The molecule has 0 radical (unpaired) electrons. The Labute approximate surface area is 139 Å². The van der Waals surface area contributed by atoms with Gasteiger partial charge in [-0.3, -0.25) is 4.79 Å². The number of aromatic nitrogens is 1. The number of fused-ring (bicyclic) bond motifs is 1. The smallest absolute Gasteiger partial charge is 0.251 e. The van der Waals surface area contributed by atoms with Crippen molar-refractivity contribution in [1.29, 1.82) is 0 Å². The van der Waals surface area contributed by atoms with E-state index in [1.165, 1.54) is 0 Å². The summed E-state index contributed by atoms with van der Waals surface area (Å²) >= 11 is 0. The van der Waals surface area contributed by atoms with Crippen LogP contribution >= 0.6 is 0 Å². The first-order valence-corrected chi connectivity index (χ1v) is 8.16. The zero-order valence-electron chi connectivity index (χ0n) is 13.2. The van der Waals surface area contributed by atoms with Crippen LogP contribution in [0.25, 0.3) is 22.2 Å². The third kappa shape index (κ3) is 2.90. The predicted octanol–water partition coefficient (Wildman–Crippen LogP) is 3.40. The maximum absolute atomic E-state index is 12.4. The quantitative estimate of drug-likeness (QED) is 0.799. The lowest BCUT2D eigenvalue weighted by atomic mass is 10.1. The molecule has 2 aromatic carbocycles. The van der Waals surface area contributed by atoms with Gasteiger partial charge in [-0.1, -0.05) is 35.5 Å². The summed E-state index contributed by atoms with van der Waals surface area (Å²) in [4.78, 5) is 12.4. The normalized spacial score (nSPS) is 17.2. The molecule has 1 aromatic heterocycles. The first kappa shape index (κ1) is 14.9. The highest BCUT2D eigenvalue weighted by Crippen LogP contribution is 2.29. The zero-order valence-corrected chi connectivity index (χ0v) is 13.2. The molecular weight excluding hydrogens is 304 g/mol. The van der Waals surface area contributed by atoms with Crippen LogP contribution in [-0.2, 0) is 4.74 Å². The van der Waals surface area contributed by atoms with Crippen LogP contribution < -0.4 is 5.32 Å². The molecule has 0 bridgehead atoms. The molecule has 0 aliphatic carbocycles. The van der Waals surface area contributed by atoms with E-state index in [9.17, 15) is 4.79 Å². The molecule has 1 atom stereocenters. The number of rotatable bonds is 4. The lowest BCUT2D eigenvalue weighted by molar-refractivity contribution is 0.0858. The average molecular weight is 322 g/mol. The number of carbonyl (C=O) groups excluding carboxylic acids is 1. The SMILES string of the molecule is O=C(NCC1CCCO1)c1ccc2noc(-c3ccccc3)c2c1. The highest BCUT2D eigenvalue weighted by atomic mass is 16.5. The van der Waals surface area contributed by atoms with Crippen LogP contribution in [0.5, 0.6) is 0 Å². The van der Waals surface area contributed by atoms with Crippen LogP contribution in [0.15, 0.2) is 53.1 Å². The molecule has 1 amide bonds. The Kier molecular flexibility index (Phi) is 4.01. The van der Waals surface area contributed by atoms with Gasteiger partial charge in [0.1, 0.15) is 5.52 Å².